The molecule has 1 N–H and O–H groups in total. The summed E-state index contributed by atoms with van der Waals surface area (Å²) in [5.74, 6) is -0.339. The quantitative estimate of drug-likeness (QED) is 0.816. The van der Waals surface area contributed by atoms with E-state index >= 15 is 0 Å². The van der Waals surface area contributed by atoms with Crippen molar-refractivity contribution >= 4 is 50.5 Å². The zero-order chi connectivity index (χ0) is 13.8. The van der Waals surface area contributed by atoms with Crippen LogP contribution in [0.2, 0.25) is 5.02 Å². The second-order valence-corrected chi connectivity index (χ2v) is 6.68. The molecular weight excluding hydrogens is 350 g/mol. The standard InChI is InChI=1S/C13H11BrClNO2S/c1-18-13(17)12(10-5-6-11(14)19-10)16-9-4-2-3-8(15)7-9/h2-7,12,16H,1H3. The van der Waals surface area contributed by atoms with E-state index in [0.717, 1.165) is 14.4 Å². The molecule has 100 valence electrons. The van der Waals surface area contributed by atoms with Crippen LogP contribution in [0.4, 0.5) is 5.69 Å². The molecule has 0 aliphatic carbocycles. The second kappa shape index (κ2) is 6.41. The molecule has 0 radical (unpaired) electrons. The van der Waals surface area contributed by atoms with E-state index < -0.39 is 6.04 Å². The zero-order valence-corrected chi connectivity index (χ0v) is 13.2. The predicted molar refractivity (Wildman–Crippen MR) is 81.9 cm³/mol. The number of hydrogen-bond donors (Lipinski definition) is 1. The molecule has 0 bridgehead atoms. The van der Waals surface area contributed by atoms with Gasteiger partial charge in [0.1, 0.15) is 0 Å². The number of ether oxygens (including phenoxy) is 1. The summed E-state index contributed by atoms with van der Waals surface area (Å²) in [6.07, 6.45) is 0. The number of thiophene rings is 1. The van der Waals surface area contributed by atoms with Gasteiger partial charge in [0.25, 0.3) is 0 Å². The Labute approximate surface area is 128 Å². The first-order valence-electron chi connectivity index (χ1n) is 5.45. The minimum Gasteiger partial charge on any atom is -0.467 e. The van der Waals surface area contributed by atoms with Gasteiger partial charge in [-0.25, -0.2) is 4.79 Å². The number of nitrogens with one attached hydrogen (secondary N) is 1. The maximum absolute atomic E-state index is 11.9. The molecule has 1 unspecified atom stereocenters. The fourth-order valence-corrected chi connectivity index (χ4v) is 3.25. The smallest absolute Gasteiger partial charge is 0.333 e. The van der Waals surface area contributed by atoms with Gasteiger partial charge in [-0.2, -0.15) is 0 Å². The van der Waals surface area contributed by atoms with Gasteiger partial charge >= 0.3 is 5.97 Å². The molecule has 2 rings (SSSR count). The van der Waals surface area contributed by atoms with Gasteiger partial charge in [0, 0.05) is 15.6 Å². The average Bonchev–Trinajstić information content (AvgIpc) is 2.81. The Morgan fingerprint density at radius 1 is 1.42 bits per heavy atom. The Bertz CT molecular complexity index is 588. The van der Waals surface area contributed by atoms with Crippen molar-refractivity contribution in [2.75, 3.05) is 12.4 Å². The summed E-state index contributed by atoms with van der Waals surface area (Å²) in [4.78, 5) is 12.8. The lowest BCUT2D eigenvalue weighted by molar-refractivity contribution is -0.141. The summed E-state index contributed by atoms with van der Waals surface area (Å²) in [7, 11) is 1.37. The number of carbonyl (C=O) groups excluding carboxylic acids is 1. The highest BCUT2D eigenvalue weighted by atomic mass is 79.9. The lowest BCUT2D eigenvalue weighted by atomic mass is 10.2. The van der Waals surface area contributed by atoms with Crippen LogP contribution in [0, 0.1) is 0 Å². The first-order chi connectivity index (χ1) is 9.10. The van der Waals surface area contributed by atoms with E-state index in [2.05, 4.69) is 21.2 Å². The van der Waals surface area contributed by atoms with Gasteiger partial charge in [-0.05, 0) is 46.3 Å². The van der Waals surface area contributed by atoms with Crippen molar-refractivity contribution in [2.24, 2.45) is 0 Å². The highest BCUT2D eigenvalue weighted by Crippen LogP contribution is 2.30. The van der Waals surface area contributed by atoms with Crippen LogP contribution in [0.5, 0.6) is 0 Å². The van der Waals surface area contributed by atoms with Gasteiger partial charge in [-0.3, -0.25) is 0 Å². The van der Waals surface area contributed by atoms with Gasteiger partial charge in [0.05, 0.1) is 10.9 Å². The maximum atomic E-state index is 11.9. The first-order valence-corrected chi connectivity index (χ1v) is 7.44. The molecule has 0 aliphatic heterocycles. The summed E-state index contributed by atoms with van der Waals surface area (Å²) in [5, 5.41) is 3.74. The number of benzene rings is 1. The Morgan fingerprint density at radius 2 is 2.21 bits per heavy atom. The van der Waals surface area contributed by atoms with Crippen molar-refractivity contribution in [1.82, 2.24) is 0 Å². The Hall–Kier alpha value is -1.04. The maximum Gasteiger partial charge on any atom is 0.333 e. The molecule has 1 aromatic carbocycles. The molecule has 1 aromatic heterocycles. The molecule has 1 heterocycles. The van der Waals surface area contributed by atoms with Crippen LogP contribution in [0.15, 0.2) is 40.2 Å². The Kier molecular flexibility index (Phi) is 4.85. The van der Waals surface area contributed by atoms with E-state index in [1.165, 1.54) is 18.4 Å². The summed E-state index contributed by atoms with van der Waals surface area (Å²) in [5.41, 5.74) is 0.771. The second-order valence-electron chi connectivity index (χ2n) is 3.75. The third-order valence-electron chi connectivity index (χ3n) is 2.45. The number of methoxy groups -OCH3 is 1. The highest BCUT2D eigenvalue weighted by Gasteiger charge is 2.23. The molecule has 19 heavy (non-hydrogen) atoms. The molecule has 0 amide bonds. The largest absolute Gasteiger partial charge is 0.467 e. The molecule has 0 saturated carbocycles. The molecular formula is C13H11BrClNO2S. The SMILES string of the molecule is COC(=O)C(Nc1cccc(Cl)c1)c1ccc(Br)s1. The van der Waals surface area contributed by atoms with Crippen LogP contribution in [0.1, 0.15) is 10.9 Å². The minimum atomic E-state index is -0.542. The van der Waals surface area contributed by atoms with Crippen LogP contribution in [-0.4, -0.2) is 13.1 Å². The topological polar surface area (TPSA) is 38.3 Å². The zero-order valence-electron chi connectivity index (χ0n) is 10.0. The predicted octanol–water partition coefficient (Wildman–Crippen LogP) is 4.49. The number of carbonyl (C=O) groups is 1. The monoisotopic (exact) mass is 359 g/mol. The van der Waals surface area contributed by atoms with Crippen molar-refractivity contribution < 1.29 is 9.53 Å². The van der Waals surface area contributed by atoms with Crippen molar-refractivity contribution in [3.8, 4) is 0 Å². The van der Waals surface area contributed by atoms with Crippen molar-refractivity contribution in [3.05, 3.63) is 50.1 Å². The van der Waals surface area contributed by atoms with Gasteiger partial charge < -0.3 is 10.1 Å². The number of hydrogen-bond acceptors (Lipinski definition) is 4. The summed E-state index contributed by atoms with van der Waals surface area (Å²) in [6.45, 7) is 0. The highest BCUT2D eigenvalue weighted by molar-refractivity contribution is 9.11. The normalized spacial score (nSPS) is 11.9. The van der Waals surface area contributed by atoms with Gasteiger partial charge in [-0.15, -0.1) is 11.3 Å². The molecule has 6 heteroatoms. The van der Waals surface area contributed by atoms with E-state index in [4.69, 9.17) is 16.3 Å². The summed E-state index contributed by atoms with van der Waals surface area (Å²) >= 11 is 10.8. The Balaban J connectivity index is 2.26. The van der Waals surface area contributed by atoms with Crippen LogP contribution >= 0.6 is 38.9 Å². The molecule has 0 spiro atoms. The average molecular weight is 361 g/mol. The molecule has 0 saturated heterocycles. The molecule has 1 atom stereocenters. The fourth-order valence-electron chi connectivity index (χ4n) is 1.59. The van der Waals surface area contributed by atoms with Crippen molar-refractivity contribution in [1.29, 1.82) is 0 Å². The first kappa shape index (κ1) is 14.4. The van der Waals surface area contributed by atoms with Crippen LogP contribution in [-0.2, 0) is 9.53 Å². The summed E-state index contributed by atoms with van der Waals surface area (Å²) < 4.78 is 5.80. The third-order valence-corrected chi connectivity index (χ3v) is 4.37. The van der Waals surface area contributed by atoms with E-state index in [9.17, 15) is 4.79 Å². The van der Waals surface area contributed by atoms with Crippen molar-refractivity contribution in [2.45, 2.75) is 6.04 Å². The van der Waals surface area contributed by atoms with E-state index in [0.29, 0.717) is 5.02 Å². The van der Waals surface area contributed by atoms with E-state index in [-0.39, 0.29) is 5.97 Å². The van der Waals surface area contributed by atoms with Gasteiger partial charge in [0.15, 0.2) is 6.04 Å². The molecule has 0 fully saturated rings. The number of esters is 1. The van der Waals surface area contributed by atoms with Crippen LogP contribution in [0.3, 0.4) is 0 Å². The van der Waals surface area contributed by atoms with E-state index in [1.54, 1.807) is 12.1 Å². The van der Waals surface area contributed by atoms with Crippen LogP contribution < -0.4 is 5.32 Å². The Morgan fingerprint density at radius 3 is 2.79 bits per heavy atom. The van der Waals surface area contributed by atoms with E-state index in [1.807, 2.05) is 24.3 Å². The lowest BCUT2D eigenvalue weighted by Gasteiger charge is -2.16. The molecule has 3 nitrogen and oxygen atoms in total. The fraction of sp³-hybridized carbons (Fsp3) is 0.154. The number of anilines is 1. The summed E-state index contributed by atoms with van der Waals surface area (Å²) in [6, 6.07) is 10.5. The van der Waals surface area contributed by atoms with Gasteiger partial charge in [-0.1, -0.05) is 17.7 Å². The number of halogens is 2. The lowest BCUT2D eigenvalue weighted by Crippen LogP contribution is -2.21. The van der Waals surface area contributed by atoms with Crippen LogP contribution in [0.25, 0.3) is 0 Å². The van der Waals surface area contributed by atoms with Gasteiger partial charge in [0.2, 0.25) is 0 Å². The molecule has 0 aliphatic rings. The number of rotatable bonds is 4. The third kappa shape index (κ3) is 3.72. The molecule has 2 aromatic rings. The minimum absolute atomic E-state index is 0.339. The van der Waals surface area contributed by atoms with Crippen molar-refractivity contribution in [3.63, 3.8) is 0 Å².